The van der Waals surface area contributed by atoms with Crippen LogP contribution in [0.3, 0.4) is 0 Å². The summed E-state index contributed by atoms with van der Waals surface area (Å²) in [5, 5.41) is 12.3. The first-order chi connectivity index (χ1) is 6.18. The van der Waals surface area contributed by atoms with E-state index in [2.05, 4.69) is 17.3 Å². The van der Waals surface area contributed by atoms with E-state index in [4.69, 9.17) is 5.11 Å². The molecule has 0 saturated carbocycles. The zero-order valence-electron chi connectivity index (χ0n) is 7.86. The van der Waals surface area contributed by atoms with Gasteiger partial charge in [0.1, 0.15) is 0 Å². The van der Waals surface area contributed by atoms with Gasteiger partial charge in [0.05, 0.1) is 5.92 Å². The van der Waals surface area contributed by atoms with Crippen LogP contribution in [-0.4, -0.2) is 48.7 Å². The van der Waals surface area contributed by atoms with E-state index in [9.17, 15) is 4.79 Å². The lowest BCUT2D eigenvalue weighted by molar-refractivity contribution is -0.142. The Kier molecular flexibility index (Phi) is 2.26. The molecule has 2 aliphatic rings. The first-order valence-corrected chi connectivity index (χ1v) is 4.83. The smallest absolute Gasteiger partial charge is 0.308 e. The third-order valence-electron chi connectivity index (χ3n) is 3.30. The van der Waals surface area contributed by atoms with Crippen molar-refractivity contribution in [2.75, 3.05) is 26.7 Å². The molecule has 0 spiro atoms. The van der Waals surface area contributed by atoms with Crippen molar-refractivity contribution in [1.82, 2.24) is 10.2 Å². The number of fused-ring (bicyclic) bond motifs is 1. The van der Waals surface area contributed by atoms with E-state index in [1.54, 1.807) is 0 Å². The highest BCUT2D eigenvalue weighted by Gasteiger charge is 2.42. The van der Waals surface area contributed by atoms with Gasteiger partial charge >= 0.3 is 5.97 Å². The molecule has 74 valence electrons. The maximum atomic E-state index is 10.9. The summed E-state index contributed by atoms with van der Waals surface area (Å²) in [6.45, 7) is 2.66. The molecule has 13 heavy (non-hydrogen) atoms. The van der Waals surface area contributed by atoms with Crippen LogP contribution in [0.1, 0.15) is 6.42 Å². The van der Waals surface area contributed by atoms with Gasteiger partial charge in [-0.15, -0.1) is 0 Å². The molecule has 2 aliphatic heterocycles. The van der Waals surface area contributed by atoms with Crippen molar-refractivity contribution in [3.63, 3.8) is 0 Å². The van der Waals surface area contributed by atoms with Gasteiger partial charge in [0.15, 0.2) is 0 Å². The molecule has 2 rings (SSSR count). The second-order valence-corrected chi connectivity index (χ2v) is 4.17. The Morgan fingerprint density at radius 1 is 1.62 bits per heavy atom. The Morgan fingerprint density at radius 2 is 2.38 bits per heavy atom. The quantitative estimate of drug-likeness (QED) is 0.583. The van der Waals surface area contributed by atoms with Crippen molar-refractivity contribution in [2.24, 2.45) is 11.8 Å². The fourth-order valence-electron chi connectivity index (χ4n) is 2.51. The summed E-state index contributed by atoms with van der Waals surface area (Å²) >= 11 is 0. The molecule has 4 heteroatoms. The third kappa shape index (κ3) is 1.56. The number of carbonyl (C=O) groups is 1. The summed E-state index contributed by atoms with van der Waals surface area (Å²) in [6, 6.07) is 0.442. The lowest BCUT2D eigenvalue weighted by Crippen LogP contribution is -2.44. The van der Waals surface area contributed by atoms with Crippen molar-refractivity contribution in [3.8, 4) is 0 Å². The van der Waals surface area contributed by atoms with E-state index in [0.717, 1.165) is 19.5 Å². The molecule has 0 aromatic heterocycles. The second kappa shape index (κ2) is 3.27. The Hall–Kier alpha value is -0.610. The zero-order chi connectivity index (χ0) is 9.42. The van der Waals surface area contributed by atoms with Gasteiger partial charge in [0, 0.05) is 25.0 Å². The Balaban J connectivity index is 2.06. The normalized spacial score (nSPS) is 40.2. The standard InChI is InChI=1S/C9H16N2O2/c1-11-3-2-8-7(5-11)6(4-10-8)9(12)13/h6-8,10H,2-5H2,1H3,(H,12,13). The van der Waals surface area contributed by atoms with Crippen LogP contribution in [-0.2, 0) is 4.79 Å². The predicted octanol–water partition coefficient (Wildman–Crippen LogP) is -0.389. The highest BCUT2D eigenvalue weighted by Crippen LogP contribution is 2.28. The number of hydrogen-bond donors (Lipinski definition) is 2. The highest BCUT2D eigenvalue weighted by atomic mass is 16.4. The van der Waals surface area contributed by atoms with Crippen LogP contribution in [0.15, 0.2) is 0 Å². The Morgan fingerprint density at radius 3 is 3.08 bits per heavy atom. The van der Waals surface area contributed by atoms with E-state index in [-0.39, 0.29) is 5.92 Å². The van der Waals surface area contributed by atoms with Crippen LogP contribution in [0.2, 0.25) is 0 Å². The van der Waals surface area contributed by atoms with Crippen LogP contribution in [0.25, 0.3) is 0 Å². The second-order valence-electron chi connectivity index (χ2n) is 4.17. The monoisotopic (exact) mass is 184 g/mol. The van der Waals surface area contributed by atoms with Gasteiger partial charge in [-0.05, 0) is 20.0 Å². The number of nitrogens with one attached hydrogen (secondary N) is 1. The van der Waals surface area contributed by atoms with Gasteiger partial charge in [0.2, 0.25) is 0 Å². The molecule has 0 radical (unpaired) electrons. The first-order valence-electron chi connectivity index (χ1n) is 4.83. The van der Waals surface area contributed by atoms with E-state index in [1.807, 2.05) is 0 Å². The molecule has 0 aromatic carbocycles. The Labute approximate surface area is 77.9 Å². The number of nitrogens with zero attached hydrogens (tertiary/aromatic N) is 1. The van der Waals surface area contributed by atoms with Gasteiger partial charge < -0.3 is 15.3 Å². The number of carboxylic acid groups (broad SMARTS) is 1. The minimum absolute atomic E-state index is 0.173. The number of rotatable bonds is 1. The van der Waals surface area contributed by atoms with Crippen LogP contribution < -0.4 is 5.32 Å². The van der Waals surface area contributed by atoms with Crippen molar-refractivity contribution >= 4 is 5.97 Å². The molecule has 2 heterocycles. The van der Waals surface area contributed by atoms with E-state index >= 15 is 0 Å². The fourth-order valence-corrected chi connectivity index (χ4v) is 2.51. The molecule has 0 aromatic rings. The summed E-state index contributed by atoms with van der Waals surface area (Å²) in [7, 11) is 2.06. The van der Waals surface area contributed by atoms with Gasteiger partial charge in [-0.1, -0.05) is 0 Å². The van der Waals surface area contributed by atoms with E-state index in [1.165, 1.54) is 0 Å². The maximum absolute atomic E-state index is 10.9. The molecule has 2 saturated heterocycles. The average Bonchev–Trinajstić information content (AvgIpc) is 2.46. The number of piperidine rings is 1. The molecule has 3 atom stereocenters. The molecular weight excluding hydrogens is 168 g/mol. The molecule has 0 bridgehead atoms. The van der Waals surface area contributed by atoms with Crippen LogP contribution >= 0.6 is 0 Å². The van der Waals surface area contributed by atoms with Crippen molar-refractivity contribution in [1.29, 1.82) is 0 Å². The minimum atomic E-state index is -0.643. The summed E-state index contributed by atoms with van der Waals surface area (Å²) < 4.78 is 0. The molecule has 2 fully saturated rings. The first kappa shape index (κ1) is 8.97. The van der Waals surface area contributed by atoms with E-state index in [0.29, 0.717) is 18.5 Å². The summed E-state index contributed by atoms with van der Waals surface area (Å²) in [5.74, 6) is -0.501. The predicted molar refractivity (Wildman–Crippen MR) is 48.5 cm³/mol. The van der Waals surface area contributed by atoms with Crippen LogP contribution in [0.4, 0.5) is 0 Å². The zero-order valence-corrected chi connectivity index (χ0v) is 7.86. The lowest BCUT2D eigenvalue weighted by atomic mass is 9.86. The average molecular weight is 184 g/mol. The van der Waals surface area contributed by atoms with Crippen molar-refractivity contribution < 1.29 is 9.90 Å². The largest absolute Gasteiger partial charge is 0.481 e. The highest BCUT2D eigenvalue weighted by molar-refractivity contribution is 5.71. The maximum Gasteiger partial charge on any atom is 0.308 e. The fraction of sp³-hybridized carbons (Fsp3) is 0.889. The van der Waals surface area contributed by atoms with Crippen LogP contribution in [0, 0.1) is 11.8 Å². The molecule has 4 nitrogen and oxygen atoms in total. The summed E-state index contributed by atoms with van der Waals surface area (Å²) in [6.07, 6.45) is 1.09. The van der Waals surface area contributed by atoms with Gasteiger partial charge in [-0.25, -0.2) is 0 Å². The van der Waals surface area contributed by atoms with Crippen molar-refractivity contribution in [2.45, 2.75) is 12.5 Å². The third-order valence-corrected chi connectivity index (χ3v) is 3.30. The summed E-state index contributed by atoms with van der Waals surface area (Å²) in [4.78, 5) is 13.1. The number of hydrogen-bond acceptors (Lipinski definition) is 3. The van der Waals surface area contributed by atoms with Gasteiger partial charge in [0.25, 0.3) is 0 Å². The van der Waals surface area contributed by atoms with E-state index < -0.39 is 5.97 Å². The Bertz CT molecular complexity index is 220. The molecule has 3 unspecified atom stereocenters. The number of likely N-dealkylation sites (tertiary alicyclic amines) is 1. The molecule has 2 N–H and O–H groups in total. The topological polar surface area (TPSA) is 52.6 Å². The lowest BCUT2D eigenvalue weighted by Gasteiger charge is -2.33. The molecule has 0 aliphatic carbocycles. The van der Waals surface area contributed by atoms with Gasteiger partial charge in [-0.2, -0.15) is 0 Å². The van der Waals surface area contributed by atoms with Crippen molar-refractivity contribution in [3.05, 3.63) is 0 Å². The molecule has 0 amide bonds. The number of carboxylic acids is 1. The molecular formula is C9H16N2O2. The number of aliphatic carboxylic acids is 1. The minimum Gasteiger partial charge on any atom is -0.481 e. The van der Waals surface area contributed by atoms with Crippen LogP contribution in [0.5, 0.6) is 0 Å². The summed E-state index contributed by atoms with van der Waals surface area (Å²) in [5.41, 5.74) is 0. The SMILES string of the molecule is CN1CCC2NCC(C(=O)O)C2C1. The van der Waals surface area contributed by atoms with Gasteiger partial charge in [-0.3, -0.25) is 4.79 Å².